The molecule has 0 fully saturated rings. The summed E-state index contributed by atoms with van der Waals surface area (Å²) in [5.74, 6) is 0.137. The SMILES string of the molecule is Cl.NCc1ccc(-c2cccc(Br)c2OC(F)F)cc1. The molecule has 0 aliphatic carbocycles. The van der Waals surface area contributed by atoms with E-state index in [-0.39, 0.29) is 18.2 Å². The lowest BCUT2D eigenvalue weighted by Crippen LogP contribution is -2.04. The van der Waals surface area contributed by atoms with Crippen LogP contribution in [0.1, 0.15) is 5.56 Å². The largest absolute Gasteiger partial charge is 0.433 e. The average molecular weight is 365 g/mol. The molecule has 0 heterocycles. The zero-order valence-corrected chi connectivity index (χ0v) is 12.8. The number of ether oxygens (including phenoxy) is 1. The molecule has 20 heavy (non-hydrogen) atoms. The van der Waals surface area contributed by atoms with Gasteiger partial charge in [0, 0.05) is 12.1 Å². The van der Waals surface area contributed by atoms with E-state index in [1.165, 1.54) is 0 Å². The smallest absolute Gasteiger partial charge is 0.387 e. The summed E-state index contributed by atoms with van der Waals surface area (Å²) in [6.45, 7) is -2.42. The Morgan fingerprint density at radius 1 is 1.10 bits per heavy atom. The fourth-order valence-electron chi connectivity index (χ4n) is 1.77. The van der Waals surface area contributed by atoms with Crippen LogP contribution in [0.3, 0.4) is 0 Å². The van der Waals surface area contributed by atoms with E-state index in [1.54, 1.807) is 18.2 Å². The Labute approximate surface area is 130 Å². The standard InChI is InChI=1S/C14H12BrF2NO.ClH/c15-12-3-1-2-11(13(12)19-14(16)17)10-6-4-9(8-18)5-7-10;/h1-7,14H,8,18H2;1H. The fourth-order valence-corrected chi connectivity index (χ4v) is 2.23. The molecule has 0 unspecified atom stereocenters. The maximum atomic E-state index is 12.5. The number of benzene rings is 2. The van der Waals surface area contributed by atoms with Crippen molar-refractivity contribution < 1.29 is 13.5 Å². The van der Waals surface area contributed by atoms with Crippen LogP contribution in [0.4, 0.5) is 8.78 Å². The van der Waals surface area contributed by atoms with Gasteiger partial charge in [0.25, 0.3) is 0 Å². The monoisotopic (exact) mass is 363 g/mol. The second-order valence-corrected chi connectivity index (χ2v) is 4.75. The van der Waals surface area contributed by atoms with Gasteiger partial charge < -0.3 is 10.5 Å². The maximum absolute atomic E-state index is 12.5. The third kappa shape index (κ3) is 3.91. The summed E-state index contributed by atoms with van der Waals surface area (Å²) in [6, 6.07) is 12.6. The Balaban J connectivity index is 0.00000200. The number of hydrogen-bond donors (Lipinski definition) is 1. The molecule has 2 nitrogen and oxygen atoms in total. The van der Waals surface area contributed by atoms with Crippen LogP contribution < -0.4 is 10.5 Å². The van der Waals surface area contributed by atoms with Crippen molar-refractivity contribution in [2.24, 2.45) is 5.73 Å². The fraction of sp³-hybridized carbons (Fsp3) is 0.143. The Morgan fingerprint density at radius 3 is 2.30 bits per heavy atom. The van der Waals surface area contributed by atoms with Gasteiger partial charge in [-0.05, 0) is 33.1 Å². The van der Waals surface area contributed by atoms with Crippen LogP contribution >= 0.6 is 28.3 Å². The van der Waals surface area contributed by atoms with E-state index in [0.29, 0.717) is 16.6 Å². The molecule has 0 saturated carbocycles. The van der Waals surface area contributed by atoms with Crippen LogP contribution in [-0.2, 0) is 6.54 Å². The van der Waals surface area contributed by atoms with Gasteiger partial charge in [-0.15, -0.1) is 12.4 Å². The highest BCUT2D eigenvalue weighted by atomic mass is 79.9. The van der Waals surface area contributed by atoms with Crippen LogP contribution in [0.25, 0.3) is 11.1 Å². The molecule has 0 bridgehead atoms. The molecule has 2 aromatic rings. The molecule has 0 atom stereocenters. The Bertz CT molecular complexity index is 564. The number of para-hydroxylation sites is 1. The highest BCUT2D eigenvalue weighted by molar-refractivity contribution is 9.10. The Kier molecular flexibility index (Phi) is 6.39. The third-order valence-electron chi connectivity index (χ3n) is 2.67. The summed E-state index contributed by atoms with van der Waals surface area (Å²) < 4.78 is 30.0. The van der Waals surface area contributed by atoms with Gasteiger partial charge in [0.2, 0.25) is 0 Å². The molecular weight excluding hydrogens is 352 g/mol. The highest BCUT2D eigenvalue weighted by Crippen LogP contribution is 2.37. The van der Waals surface area contributed by atoms with Crippen LogP contribution in [0, 0.1) is 0 Å². The highest BCUT2D eigenvalue weighted by Gasteiger charge is 2.14. The van der Waals surface area contributed by atoms with Gasteiger partial charge in [0.15, 0.2) is 0 Å². The van der Waals surface area contributed by atoms with Crippen LogP contribution in [-0.4, -0.2) is 6.61 Å². The van der Waals surface area contributed by atoms with Gasteiger partial charge in [-0.2, -0.15) is 8.78 Å². The number of hydrogen-bond acceptors (Lipinski definition) is 2. The summed E-state index contributed by atoms with van der Waals surface area (Å²) in [7, 11) is 0. The predicted octanol–water partition coefficient (Wildman–Crippen LogP) is 4.60. The molecule has 0 aliphatic rings. The average Bonchev–Trinajstić information content (AvgIpc) is 2.41. The Morgan fingerprint density at radius 2 is 1.75 bits per heavy atom. The number of halogens is 4. The first kappa shape index (κ1) is 16.9. The molecule has 2 N–H and O–H groups in total. The lowest BCUT2D eigenvalue weighted by Gasteiger charge is -2.13. The summed E-state index contributed by atoms with van der Waals surface area (Å²) in [5.41, 5.74) is 7.92. The molecule has 108 valence electrons. The molecule has 6 heteroatoms. The van der Waals surface area contributed by atoms with E-state index in [0.717, 1.165) is 11.1 Å². The van der Waals surface area contributed by atoms with Crippen molar-refractivity contribution in [3.05, 3.63) is 52.5 Å². The summed E-state index contributed by atoms with van der Waals surface area (Å²) in [5, 5.41) is 0. The molecule has 2 rings (SSSR count). The summed E-state index contributed by atoms with van der Waals surface area (Å²) in [4.78, 5) is 0. The van der Waals surface area contributed by atoms with Crippen LogP contribution in [0.15, 0.2) is 46.9 Å². The second-order valence-electron chi connectivity index (χ2n) is 3.90. The lowest BCUT2D eigenvalue weighted by molar-refractivity contribution is -0.0499. The summed E-state index contributed by atoms with van der Waals surface area (Å²) in [6.07, 6.45) is 0. The second kappa shape index (κ2) is 7.57. The molecule has 0 amide bonds. The summed E-state index contributed by atoms with van der Waals surface area (Å²) >= 11 is 3.22. The van der Waals surface area contributed by atoms with Crippen LogP contribution in [0.2, 0.25) is 0 Å². The molecule has 0 radical (unpaired) electrons. The Hall–Kier alpha value is -1.17. The van der Waals surface area contributed by atoms with Crippen molar-refractivity contribution in [1.29, 1.82) is 0 Å². The number of alkyl halides is 2. The third-order valence-corrected chi connectivity index (χ3v) is 3.30. The lowest BCUT2D eigenvalue weighted by atomic mass is 10.0. The molecular formula is C14H13BrClF2NO. The van der Waals surface area contributed by atoms with Crippen LogP contribution in [0.5, 0.6) is 5.75 Å². The van der Waals surface area contributed by atoms with Crippen molar-refractivity contribution >= 4 is 28.3 Å². The minimum Gasteiger partial charge on any atom is -0.433 e. The van der Waals surface area contributed by atoms with Crippen molar-refractivity contribution in [2.45, 2.75) is 13.2 Å². The van der Waals surface area contributed by atoms with E-state index in [9.17, 15) is 8.78 Å². The molecule has 0 aromatic heterocycles. The topological polar surface area (TPSA) is 35.2 Å². The van der Waals surface area contributed by atoms with Crippen molar-refractivity contribution in [1.82, 2.24) is 0 Å². The van der Waals surface area contributed by atoms with Gasteiger partial charge in [-0.3, -0.25) is 0 Å². The predicted molar refractivity (Wildman–Crippen MR) is 81.3 cm³/mol. The van der Waals surface area contributed by atoms with Gasteiger partial charge in [-0.25, -0.2) is 0 Å². The van der Waals surface area contributed by atoms with E-state index in [2.05, 4.69) is 20.7 Å². The van der Waals surface area contributed by atoms with Crippen molar-refractivity contribution in [3.63, 3.8) is 0 Å². The molecule has 2 aromatic carbocycles. The number of rotatable bonds is 4. The van der Waals surface area contributed by atoms with Crippen molar-refractivity contribution in [3.8, 4) is 16.9 Å². The quantitative estimate of drug-likeness (QED) is 0.860. The van der Waals surface area contributed by atoms with Gasteiger partial charge in [0.1, 0.15) is 5.75 Å². The van der Waals surface area contributed by atoms with E-state index >= 15 is 0 Å². The van der Waals surface area contributed by atoms with Crippen molar-refractivity contribution in [2.75, 3.05) is 0 Å². The minimum atomic E-state index is -2.86. The zero-order valence-electron chi connectivity index (χ0n) is 10.4. The van der Waals surface area contributed by atoms with E-state index in [1.807, 2.05) is 24.3 Å². The van der Waals surface area contributed by atoms with E-state index in [4.69, 9.17) is 5.73 Å². The molecule has 0 spiro atoms. The molecule has 0 aliphatic heterocycles. The maximum Gasteiger partial charge on any atom is 0.387 e. The van der Waals surface area contributed by atoms with Gasteiger partial charge >= 0.3 is 6.61 Å². The normalized spacial score (nSPS) is 10.2. The molecule has 0 saturated heterocycles. The first-order valence-electron chi connectivity index (χ1n) is 5.64. The first-order chi connectivity index (χ1) is 9.11. The first-order valence-corrected chi connectivity index (χ1v) is 6.44. The number of nitrogens with two attached hydrogens (primary N) is 1. The minimum absolute atomic E-state index is 0. The van der Waals surface area contributed by atoms with Gasteiger partial charge in [-0.1, -0.05) is 36.4 Å². The van der Waals surface area contributed by atoms with E-state index < -0.39 is 6.61 Å². The van der Waals surface area contributed by atoms with Gasteiger partial charge in [0.05, 0.1) is 4.47 Å². The zero-order chi connectivity index (χ0) is 13.8.